The quantitative estimate of drug-likeness (QED) is 0.805. The maximum absolute atomic E-state index is 13.0. The molecule has 1 amide bonds. The lowest BCUT2D eigenvalue weighted by atomic mass is 10.1. The molecule has 1 N–H and O–H groups in total. The molecule has 128 valence electrons. The number of alkyl halides is 5. The van der Waals surface area contributed by atoms with E-state index in [1.807, 2.05) is 0 Å². The first-order valence-electron chi connectivity index (χ1n) is 6.95. The Labute approximate surface area is 145 Å². The Balaban J connectivity index is 1.99. The largest absolute Gasteiger partial charge is 0.416 e. The van der Waals surface area contributed by atoms with Crippen molar-refractivity contribution < 1.29 is 18.0 Å². The summed E-state index contributed by atoms with van der Waals surface area (Å²) >= 11 is 11.9. The van der Waals surface area contributed by atoms with Crippen LogP contribution in [0.25, 0.3) is 5.69 Å². The number of aromatic nitrogens is 2. The summed E-state index contributed by atoms with van der Waals surface area (Å²) in [4.78, 5) is 12.4. The number of nitrogens with one attached hydrogen (secondary N) is 1. The highest BCUT2D eigenvalue weighted by molar-refractivity contribution is 6.53. The maximum Gasteiger partial charge on any atom is 0.416 e. The molecule has 2 aromatic rings. The predicted molar refractivity (Wildman–Crippen MR) is 84.4 cm³/mol. The van der Waals surface area contributed by atoms with Gasteiger partial charge < -0.3 is 5.32 Å². The first kappa shape index (κ1) is 17.1. The van der Waals surface area contributed by atoms with E-state index in [0.717, 1.165) is 12.1 Å². The van der Waals surface area contributed by atoms with E-state index < -0.39 is 27.4 Å². The van der Waals surface area contributed by atoms with E-state index in [0.29, 0.717) is 5.69 Å². The van der Waals surface area contributed by atoms with Crippen LogP contribution < -0.4 is 5.32 Å². The Morgan fingerprint density at radius 1 is 1.38 bits per heavy atom. The van der Waals surface area contributed by atoms with Crippen LogP contribution in [0, 0.1) is 5.41 Å². The number of carbonyl (C=O) groups excluding carboxylic acids is 1. The number of amides is 1. The molecule has 0 aliphatic heterocycles. The lowest BCUT2D eigenvalue weighted by Crippen LogP contribution is -2.26. The standard InChI is InChI=1S/C15H12Cl2F3N3O/c1-13(8-14(13,16)17)12(24)22-10-7-9(15(18,19)20)3-4-11(10)23-6-2-5-21-23/h2-7H,8H2,1H3,(H,22,24)/t13-/m0/s1. The van der Waals surface area contributed by atoms with Crippen molar-refractivity contribution in [2.45, 2.75) is 23.9 Å². The highest BCUT2D eigenvalue weighted by Crippen LogP contribution is 2.64. The lowest BCUT2D eigenvalue weighted by molar-refractivity contribution is -0.137. The van der Waals surface area contributed by atoms with Crippen molar-refractivity contribution in [1.82, 2.24) is 9.78 Å². The third-order valence-electron chi connectivity index (χ3n) is 4.08. The fraction of sp³-hybridized carbons (Fsp3) is 0.333. The van der Waals surface area contributed by atoms with Crippen LogP contribution in [0.5, 0.6) is 0 Å². The maximum atomic E-state index is 13.0. The van der Waals surface area contributed by atoms with Gasteiger partial charge in [0.2, 0.25) is 5.91 Å². The van der Waals surface area contributed by atoms with Crippen molar-refractivity contribution in [1.29, 1.82) is 0 Å². The monoisotopic (exact) mass is 377 g/mol. The van der Waals surface area contributed by atoms with Gasteiger partial charge in [-0.15, -0.1) is 23.2 Å². The summed E-state index contributed by atoms with van der Waals surface area (Å²) in [5.74, 6) is -0.541. The molecule has 1 heterocycles. The molecular weight excluding hydrogens is 366 g/mol. The number of rotatable bonds is 3. The lowest BCUT2D eigenvalue weighted by Gasteiger charge is -2.17. The summed E-state index contributed by atoms with van der Waals surface area (Å²) in [6.07, 6.45) is -1.27. The molecule has 0 spiro atoms. The summed E-state index contributed by atoms with van der Waals surface area (Å²) < 4.78 is 39.1. The average Bonchev–Trinajstić information content (AvgIpc) is 2.86. The molecule has 1 fully saturated rings. The third-order valence-corrected chi connectivity index (χ3v) is 5.18. The van der Waals surface area contributed by atoms with E-state index in [1.165, 1.54) is 16.9 Å². The molecule has 1 atom stereocenters. The van der Waals surface area contributed by atoms with E-state index in [1.54, 1.807) is 19.2 Å². The van der Waals surface area contributed by atoms with Crippen molar-refractivity contribution >= 4 is 34.8 Å². The summed E-state index contributed by atoms with van der Waals surface area (Å²) in [6.45, 7) is 1.56. The number of carbonyl (C=O) groups is 1. The van der Waals surface area contributed by atoms with Gasteiger partial charge in [-0.1, -0.05) is 0 Å². The summed E-state index contributed by atoms with van der Waals surface area (Å²) in [5.41, 5.74) is -1.64. The molecule has 1 aromatic heterocycles. The van der Waals surface area contributed by atoms with Gasteiger partial charge in [-0.3, -0.25) is 4.79 Å². The van der Waals surface area contributed by atoms with Gasteiger partial charge in [0.1, 0.15) is 4.33 Å². The predicted octanol–water partition coefficient (Wildman–Crippen LogP) is 4.41. The van der Waals surface area contributed by atoms with Gasteiger partial charge in [-0.2, -0.15) is 18.3 Å². The van der Waals surface area contributed by atoms with E-state index in [2.05, 4.69) is 10.4 Å². The van der Waals surface area contributed by atoms with E-state index >= 15 is 0 Å². The highest BCUT2D eigenvalue weighted by atomic mass is 35.5. The first-order valence-corrected chi connectivity index (χ1v) is 7.71. The van der Waals surface area contributed by atoms with Crippen LogP contribution in [-0.2, 0) is 11.0 Å². The van der Waals surface area contributed by atoms with E-state index in [4.69, 9.17) is 23.2 Å². The fourth-order valence-electron chi connectivity index (χ4n) is 2.33. The van der Waals surface area contributed by atoms with Gasteiger partial charge in [0, 0.05) is 12.4 Å². The summed E-state index contributed by atoms with van der Waals surface area (Å²) in [6, 6.07) is 4.66. The minimum Gasteiger partial charge on any atom is -0.324 e. The van der Waals surface area contributed by atoms with Gasteiger partial charge in [0.25, 0.3) is 0 Å². The van der Waals surface area contributed by atoms with Crippen LogP contribution in [0.15, 0.2) is 36.7 Å². The molecule has 9 heteroatoms. The second kappa shape index (κ2) is 5.39. The van der Waals surface area contributed by atoms with Crippen molar-refractivity contribution in [3.63, 3.8) is 0 Å². The molecule has 1 aliphatic carbocycles. The Kier molecular flexibility index (Phi) is 3.84. The average molecular weight is 378 g/mol. The Hall–Kier alpha value is -1.73. The minimum absolute atomic E-state index is 0.0178. The van der Waals surface area contributed by atoms with Gasteiger partial charge in [-0.05, 0) is 37.6 Å². The zero-order valence-corrected chi connectivity index (χ0v) is 13.9. The Morgan fingerprint density at radius 3 is 2.54 bits per heavy atom. The first-order chi connectivity index (χ1) is 11.0. The van der Waals surface area contributed by atoms with Gasteiger partial charge >= 0.3 is 6.18 Å². The fourth-order valence-corrected chi connectivity index (χ4v) is 3.04. The second-order valence-corrected chi connectivity index (χ2v) is 7.33. The van der Waals surface area contributed by atoms with Crippen LogP contribution in [0.1, 0.15) is 18.9 Å². The molecule has 0 bridgehead atoms. The van der Waals surface area contributed by atoms with Crippen LogP contribution in [0.3, 0.4) is 0 Å². The molecule has 3 rings (SSSR count). The molecular formula is C15H12Cl2F3N3O. The minimum atomic E-state index is -4.53. The number of anilines is 1. The molecule has 24 heavy (non-hydrogen) atoms. The van der Waals surface area contributed by atoms with Gasteiger partial charge in [-0.25, -0.2) is 4.68 Å². The highest BCUT2D eigenvalue weighted by Gasteiger charge is 2.68. The molecule has 0 radical (unpaired) electrons. The van der Waals surface area contributed by atoms with Crippen LogP contribution in [0.4, 0.5) is 18.9 Å². The zero-order chi connectivity index (χ0) is 17.8. The third kappa shape index (κ3) is 2.86. The van der Waals surface area contributed by atoms with Crippen molar-refractivity contribution in [3.8, 4) is 5.69 Å². The zero-order valence-electron chi connectivity index (χ0n) is 12.4. The molecule has 1 saturated carbocycles. The summed E-state index contributed by atoms with van der Waals surface area (Å²) in [5, 5.41) is 6.49. The normalized spacial score (nSPS) is 22.2. The van der Waals surface area contributed by atoms with Crippen LogP contribution in [0.2, 0.25) is 0 Å². The van der Waals surface area contributed by atoms with Crippen LogP contribution in [-0.4, -0.2) is 20.0 Å². The number of benzene rings is 1. The SMILES string of the molecule is C[C@@]1(C(=O)Nc2cc(C(F)(F)F)ccc2-n2cccn2)CC1(Cl)Cl. The summed E-state index contributed by atoms with van der Waals surface area (Å²) in [7, 11) is 0. The van der Waals surface area contributed by atoms with Crippen molar-refractivity contribution in [3.05, 3.63) is 42.2 Å². The second-order valence-electron chi connectivity index (χ2n) is 5.85. The smallest absolute Gasteiger partial charge is 0.324 e. The van der Waals surface area contributed by atoms with Crippen LogP contribution >= 0.6 is 23.2 Å². The van der Waals surface area contributed by atoms with Gasteiger partial charge in [0.15, 0.2) is 0 Å². The number of hydrogen-bond acceptors (Lipinski definition) is 2. The van der Waals surface area contributed by atoms with Gasteiger partial charge in [0.05, 0.1) is 22.4 Å². The molecule has 4 nitrogen and oxygen atoms in total. The van der Waals surface area contributed by atoms with Crippen molar-refractivity contribution in [2.24, 2.45) is 5.41 Å². The number of nitrogens with zero attached hydrogens (tertiary/aromatic N) is 2. The molecule has 1 aromatic carbocycles. The molecule has 0 saturated heterocycles. The molecule has 1 aliphatic rings. The molecule has 0 unspecified atom stereocenters. The van der Waals surface area contributed by atoms with E-state index in [-0.39, 0.29) is 12.1 Å². The number of halogens is 5. The Morgan fingerprint density at radius 2 is 2.04 bits per heavy atom. The number of hydrogen-bond donors (Lipinski definition) is 1. The topological polar surface area (TPSA) is 46.9 Å². The van der Waals surface area contributed by atoms with Crippen molar-refractivity contribution in [2.75, 3.05) is 5.32 Å². The van der Waals surface area contributed by atoms with E-state index in [9.17, 15) is 18.0 Å². The Bertz CT molecular complexity index is 790.